The predicted molar refractivity (Wildman–Crippen MR) is 50.5 cm³/mol. The van der Waals surface area contributed by atoms with E-state index in [0.717, 1.165) is 6.92 Å². The minimum Gasteiger partial charge on any atom is -0.809 e. The van der Waals surface area contributed by atoms with E-state index in [9.17, 15) is 24.3 Å². The third-order valence-electron chi connectivity index (χ3n) is 2.14. The van der Waals surface area contributed by atoms with Gasteiger partial charge in [0.05, 0.1) is 0 Å². The van der Waals surface area contributed by atoms with E-state index >= 15 is 0 Å². The SMILES string of the molecule is CC(O)(Cn1cc[n+](CC(=O)O)c1)P(=O)([O-])[O-].[Na+].[Na+]. The Bertz CT molecular complexity index is 472. The number of aliphatic carboxylic acids is 1. The third-order valence-corrected chi connectivity index (χ3v) is 3.46. The molecule has 0 amide bonds. The molecular formula is C8H12N2Na2O6P+. The normalized spacial score (nSPS) is 13.9. The Hall–Kier alpha value is 0.790. The van der Waals surface area contributed by atoms with E-state index in [-0.39, 0.29) is 65.7 Å². The molecule has 0 aliphatic rings. The maximum absolute atomic E-state index is 10.7. The van der Waals surface area contributed by atoms with Crippen LogP contribution in [0, 0.1) is 0 Å². The van der Waals surface area contributed by atoms with Crippen LogP contribution in [-0.4, -0.2) is 26.1 Å². The van der Waals surface area contributed by atoms with E-state index in [4.69, 9.17) is 5.11 Å². The molecule has 19 heavy (non-hydrogen) atoms. The molecule has 96 valence electrons. The molecule has 1 heterocycles. The van der Waals surface area contributed by atoms with Crippen molar-refractivity contribution >= 4 is 13.6 Å². The summed E-state index contributed by atoms with van der Waals surface area (Å²) < 4.78 is 13.3. The van der Waals surface area contributed by atoms with Crippen molar-refractivity contribution in [2.24, 2.45) is 0 Å². The van der Waals surface area contributed by atoms with Crippen LogP contribution in [0.4, 0.5) is 0 Å². The first kappa shape index (κ1) is 22.1. The second kappa shape index (κ2) is 8.29. The summed E-state index contributed by atoms with van der Waals surface area (Å²) in [5, 5.41) is 15.6. The van der Waals surface area contributed by atoms with Crippen molar-refractivity contribution in [2.45, 2.75) is 25.4 Å². The fourth-order valence-electron chi connectivity index (χ4n) is 1.21. The molecule has 0 bridgehead atoms. The van der Waals surface area contributed by atoms with Crippen LogP contribution in [0.1, 0.15) is 6.92 Å². The summed E-state index contributed by atoms with van der Waals surface area (Å²) in [6, 6.07) is 0. The largest absolute Gasteiger partial charge is 1.00 e. The second-order valence-electron chi connectivity index (χ2n) is 3.87. The van der Waals surface area contributed by atoms with Gasteiger partial charge in [0.25, 0.3) is 0 Å². The summed E-state index contributed by atoms with van der Waals surface area (Å²) in [7, 11) is -5.14. The van der Waals surface area contributed by atoms with Gasteiger partial charge < -0.3 is 24.6 Å². The van der Waals surface area contributed by atoms with Gasteiger partial charge in [0.1, 0.15) is 24.3 Å². The Morgan fingerprint density at radius 3 is 2.42 bits per heavy atom. The molecule has 1 aromatic heterocycles. The number of carboxylic acids is 1. The second-order valence-corrected chi connectivity index (χ2v) is 5.82. The Kier molecular flexibility index (Phi) is 9.63. The van der Waals surface area contributed by atoms with Gasteiger partial charge >= 0.3 is 65.1 Å². The van der Waals surface area contributed by atoms with Crippen LogP contribution < -0.4 is 73.5 Å². The number of hydrogen-bond donors (Lipinski definition) is 2. The van der Waals surface area contributed by atoms with Crippen LogP contribution >= 0.6 is 7.60 Å². The number of hydrogen-bond acceptors (Lipinski definition) is 5. The van der Waals surface area contributed by atoms with Crippen molar-refractivity contribution in [3.8, 4) is 0 Å². The molecule has 1 rings (SSSR count). The van der Waals surface area contributed by atoms with Crippen LogP contribution in [-0.2, 0) is 22.4 Å². The van der Waals surface area contributed by atoms with Crippen molar-refractivity contribution < 1.29 is 93.0 Å². The zero-order chi connectivity index (χ0) is 13.3. The van der Waals surface area contributed by atoms with Gasteiger partial charge in [0, 0.05) is 0 Å². The Morgan fingerprint density at radius 2 is 2.00 bits per heavy atom. The topological polar surface area (TPSA) is 130 Å². The minimum atomic E-state index is -5.14. The molecule has 1 aromatic rings. The number of imidazole rings is 1. The smallest absolute Gasteiger partial charge is 0.809 e. The molecule has 0 aliphatic heterocycles. The van der Waals surface area contributed by atoms with Crippen LogP contribution in [0.25, 0.3) is 0 Å². The Labute approximate surface area is 154 Å². The molecule has 2 N–H and O–H groups in total. The number of nitrogens with zero attached hydrogens (tertiary/aromatic N) is 2. The minimum absolute atomic E-state index is 0. The van der Waals surface area contributed by atoms with Crippen molar-refractivity contribution in [3.63, 3.8) is 0 Å². The summed E-state index contributed by atoms with van der Waals surface area (Å²) in [6.07, 6.45) is 4.05. The average molecular weight is 309 g/mol. The number of carboxylic acid groups (broad SMARTS) is 1. The quantitative estimate of drug-likeness (QED) is 0.316. The van der Waals surface area contributed by atoms with Gasteiger partial charge in [0.2, 0.25) is 6.33 Å². The van der Waals surface area contributed by atoms with Gasteiger partial charge in [-0.25, -0.2) is 13.9 Å². The molecule has 0 radical (unpaired) electrons. The predicted octanol–water partition coefficient (Wildman–Crippen LogP) is -8.51. The van der Waals surface area contributed by atoms with Gasteiger partial charge in [0.15, 0.2) is 6.54 Å². The first-order valence-corrected chi connectivity index (χ1v) is 6.17. The summed E-state index contributed by atoms with van der Waals surface area (Å²) in [5.41, 5.74) is 0. The molecule has 8 nitrogen and oxygen atoms in total. The zero-order valence-electron chi connectivity index (χ0n) is 11.0. The molecule has 11 heteroatoms. The molecule has 1 atom stereocenters. The average Bonchev–Trinajstić information content (AvgIpc) is 2.48. The van der Waals surface area contributed by atoms with Gasteiger partial charge in [-0.1, -0.05) is 0 Å². The van der Waals surface area contributed by atoms with Gasteiger partial charge in [-0.15, -0.1) is 0 Å². The molecule has 1 unspecified atom stereocenters. The van der Waals surface area contributed by atoms with Crippen molar-refractivity contribution in [2.75, 3.05) is 0 Å². The third kappa shape index (κ3) is 6.86. The van der Waals surface area contributed by atoms with Crippen LogP contribution in [0.5, 0.6) is 0 Å². The molecule has 0 saturated carbocycles. The van der Waals surface area contributed by atoms with Crippen molar-refractivity contribution in [3.05, 3.63) is 18.7 Å². The van der Waals surface area contributed by atoms with Crippen LogP contribution in [0.15, 0.2) is 18.7 Å². The Morgan fingerprint density at radius 1 is 1.47 bits per heavy atom. The van der Waals surface area contributed by atoms with E-state index in [0.29, 0.717) is 0 Å². The van der Waals surface area contributed by atoms with E-state index < -0.39 is 25.5 Å². The fourth-order valence-corrected chi connectivity index (χ4v) is 1.55. The van der Waals surface area contributed by atoms with Gasteiger partial charge in [-0.05, 0) is 14.5 Å². The number of carbonyl (C=O) groups is 1. The summed E-state index contributed by atoms with van der Waals surface area (Å²) in [5.74, 6) is -1.06. The standard InChI is InChI=1S/C8H13N2O6P.2Na/c1-8(13,17(14,15)16)5-10-3-2-9(6-10)4-7(11)12;;/h2-3,6,13H,4-5H2,1H3,(H2-,11,12,14,15,16);;/q;2*+1/p-1. The first-order valence-electron chi connectivity index (χ1n) is 4.63. The number of rotatable bonds is 5. The fraction of sp³-hybridized carbons (Fsp3) is 0.500. The molecule has 0 saturated heterocycles. The molecule has 0 spiro atoms. The van der Waals surface area contributed by atoms with E-state index in [1.54, 1.807) is 0 Å². The molecule has 0 aromatic carbocycles. The molecular weight excluding hydrogens is 297 g/mol. The number of aromatic nitrogens is 2. The maximum Gasteiger partial charge on any atom is 1.00 e. The Balaban J connectivity index is 0. The zero-order valence-corrected chi connectivity index (χ0v) is 15.9. The van der Waals surface area contributed by atoms with E-state index in [1.165, 1.54) is 27.9 Å². The molecule has 0 fully saturated rings. The maximum atomic E-state index is 10.7. The van der Waals surface area contributed by atoms with Crippen LogP contribution in [0.3, 0.4) is 0 Å². The van der Waals surface area contributed by atoms with E-state index in [2.05, 4.69) is 0 Å². The summed E-state index contributed by atoms with van der Waals surface area (Å²) in [6.45, 7) is 0.154. The summed E-state index contributed by atoms with van der Waals surface area (Å²) >= 11 is 0. The summed E-state index contributed by atoms with van der Waals surface area (Å²) in [4.78, 5) is 31.9. The van der Waals surface area contributed by atoms with Crippen molar-refractivity contribution in [1.29, 1.82) is 0 Å². The van der Waals surface area contributed by atoms with Crippen molar-refractivity contribution in [1.82, 2.24) is 4.57 Å². The van der Waals surface area contributed by atoms with Gasteiger partial charge in [-0.3, -0.25) is 0 Å². The van der Waals surface area contributed by atoms with E-state index in [1.807, 2.05) is 0 Å². The van der Waals surface area contributed by atoms with Crippen LogP contribution in [0.2, 0.25) is 0 Å². The first-order chi connectivity index (χ1) is 7.62. The molecule has 0 aliphatic carbocycles. The monoisotopic (exact) mass is 309 g/mol. The van der Waals surface area contributed by atoms with Gasteiger partial charge in [-0.2, -0.15) is 0 Å². The number of aliphatic hydroxyl groups is 1.